The molecule has 2 N–H and O–H groups in total. The highest BCUT2D eigenvalue weighted by atomic mass is 16.6. The third kappa shape index (κ3) is 9.70. The molecule has 254 valence electrons. The summed E-state index contributed by atoms with van der Waals surface area (Å²) in [4.78, 5) is 52.4. The minimum absolute atomic E-state index is 0.0555. The Morgan fingerprint density at radius 3 is 1.71 bits per heavy atom. The van der Waals surface area contributed by atoms with Crippen LogP contribution in [0.25, 0.3) is 11.1 Å². The van der Waals surface area contributed by atoms with Gasteiger partial charge in [0.1, 0.15) is 31.5 Å². The second kappa shape index (κ2) is 16.0. The van der Waals surface area contributed by atoms with Crippen molar-refractivity contribution in [2.24, 2.45) is 0 Å². The first-order chi connectivity index (χ1) is 23.6. The molecule has 0 radical (unpaired) electrons. The lowest BCUT2D eigenvalue weighted by Gasteiger charge is -2.24. The summed E-state index contributed by atoms with van der Waals surface area (Å²) < 4.78 is 21.9. The number of benzene rings is 4. The van der Waals surface area contributed by atoms with Gasteiger partial charge in [0.05, 0.1) is 0 Å². The van der Waals surface area contributed by atoms with Crippen LogP contribution in [0.2, 0.25) is 0 Å². The number of hydrogen-bond donors (Lipinski definition) is 2. The summed E-state index contributed by atoms with van der Waals surface area (Å²) in [6.45, 7) is 4.47. The van der Waals surface area contributed by atoms with Crippen molar-refractivity contribution in [3.63, 3.8) is 0 Å². The smallest absolute Gasteiger partial charge is 0.408 e. The molecule has 4 aromatic rings. The predicted molar refractivity (Wildman–Crippen MR) is 182 cm³/mol. The molecule has 0 saturated heterocycles. The lowest BCUT2D eigenvalue weighted by Crippen LogP contribution is -2.49. The Hall–Kier alpha value is -5.64. The molecule has 0 saturated carbocycles. The summed E-state index contributed by atoms with van der Waals surface area (Å²) in [5, 5.41) is 5.08. The van der Waals surface area contributed by atoms with E-state index in [-0.39, 0.29) is 25.6 Å². The number of amides is 2. The molecule has 0 fully saturated rings. The van der Waals surface area contributed by atoms with Gasteiger partial charge in [0.15, 0.2) is 6.04 Å². The highest BCUT2D eigenvalue weighted by Gasteiger charge is 2.32. The molecule has 0 aromatic heterocycles. The molecular formula is C39H40N2O8. The molecule has 49 heavy (non-hydrogen) atoms. The number of carbonyl (C=O) groups is 4. The van der Waals surface area contributed by atoms with Crippen molar-refractivity contribution in [3.05, 3.63) is 131 Å². The topological polar surface area (TPSA) is 129 Å². The Labute approximate surface area is 285 Å². The van der Waals surface area contributed by atoms with Gasteiger partial charge in [0, 0.05) is 12.3 Å². The van der Waals surface area contributed by atoms with E-state index in [0.29, 0.717) is 0 Å². The van der Waals surface area contributed by atoms with E-state index in [2.05, 4.69) is 10.6 Å². The first-order valence-corrected chi connectivity index (χ1v) is 16.1. The predicted octanol–water partition coefficient (Wildman–Crippen LogP) is 6.32. The van der Waals surface area contributed by atoms with Crippen molar-refractivity contribution in [2.45, 2.75) is 57.4 Å². The fourth-order valence-corrected chi connectivity index (χ4v) is 5.54. The van der Waals surface area contributed by atoms with Gasteiger partial charge in [-0.1, -0.05) is 109 Å². The van der Waals surface area contributed by atoms with Gasteiger partial charge in [0.2, 0.25) is 0 Å². The molecule has 10 nitrogen and oxygen atoms in total. The highest BCUT2D eigenvalue weighted by molar-refractivity contribution is 5.84. The number of nitrogens with one attached hydrogen (secondary N) is 2. The number of esters is 2. The molecule has 2 atom stereocenters. The van der Waals surface area contributed by atoms with Crippen LogP contribution in [0.15, 0.2) is 109 Å². The molecule has 4 aromatic carbocycles. The zero-order valence-corrected chi connectivity index (χ0v) is 27.7. The third-order valence-electron chi connectivity index (χ3n) is 7.79. The second-order valence-corrected chi connectivity index (χ2v) is 12.6. The lowest BCUT2D eigenvalue weighted by atomic mass is 9.98. The van der Waals surface area contributed by atoms with E-state index in [1.54, 1.807) is 45.0 Å². The number of alkyl carbamates (subject to hydrolysis) is 2. The number of ether oxygens (including phenoxy) is 4. The quantitative estimate of drug-likeness (QED) is 0.133. The zero-order valence-electron chi connectivity index (χ0n) is 27.7. The molecule has 0 heterocycles. The number of carbonyl (C=O) groups excluding carboxylic acids is 4. The average Bonchev–Trinajstić information content (AvgIpc) is 3.41. The molecule has 0 aliphatic heterocycles. The summed E-state index contributed by atoms with van der Waals surface area (Å²) in [5.41, 5.74) is 4.95. The molecule has 2 amide bonds. The molecule has 0 spiro atoms. The van der Waals surface area contributed by atoms with E-state index in [9.17, 15) is 19.2 Å². The fraction of sp³-hybridized carbons (Fsp3) is 0.282. The average molecular weight is 665 g/mol. The van der Waals surface area contributed by atoms with Crippen LogP contribution in [-0.2, 0) is 41.6 Å². The van der Waals surface area contributed by atoms with Crippen LogP contribution < -0.4 is 10.6 Å². The molecule has 0 unspecified atom stereocenters. The maximum atomic E-state index is 13.5. The van der Waals surface area contributed by atoms with Gasteiger partial charge in [-0.25, -0.2) is 19.2 Å². The van der Waals surface area contributed by atoms with Crippen molar-refractivity contribution in [1.82, 2.24) is 10.6 Å². The Kier molecular flexibility index (Phi) is 11.3. The molecule has 10 heteroatoms. The van der Waals surface area contributed by atoms with E-state index in [4.69, 9.17) is 18.9 Å². The van der Waals surface area contributed by atoms with Crippen molar-refractivity contribution in [1.29, 1.82) is 0 Å². The number of fused-ring (bicyclic) bond motifs is 3. The number of hydrogen-bond acceptors (Lipinski definition) is 8. The lowest BCUT2D eigenvalue weighted by molar-refractivity contribution is -0.154. The van der Waals surface area contributed by atoms with E-state index in [0.717, 1.165) is 33.4 Å². The Morgan fingerprint density at radius 1 is 0.612 bits per heavy atom. The Balaban J connectivity index is 1.25. The monoisotopic (exact) mass is 664 g/mol. The second-order valence-electron chi connectivity index (χ2n) is 12.6. The van der Waals surface area contributed by atoms with Gasteiger partial charge in [0.25, 0.3) is 0 Å². The largest absolute Gasteiger partial charge is 0.461 e. The maximum Gasteiger partial charge on any atom is 0.408 e. The van der Waals surface area contributed by atoms with E-state index in [1.807, 2.05) is 84.9 Å². The summed E-state index contributed by atoms with van der Waals surface area (Å²) in [7, 11) is 0. The molecule has 1 aliphatic rings. The zero-order chi connectivity index (χ0) is 34.8. The normalized spacial score (nSPS) is 13.2. The summed E-state index contributed by atoms with van der Waals surface area (Å²) in [6.07, 6.45) is -1.60. The molecule has 5 rings (SSSR count). The van der Waals surface area contributed by atoms with Crippen LogP contribution in [0.4, 0.5) is 9.59 Å². The fourth-order valence-electron chi connectivity index (χ4n) is 5.54. The molecule has 1 aliphatic carbocycles. The highest BCUT2D eigenvalue weighted by Crippen LogP contribution is 2.44. The van der Waals surface area contributed by atoms with Gasteiger partial charge < -0.3 is 29.6 Å². The van der Waals surface area contributed by atoms with E-state index >= 15 is 0 Å². The van der Waals surface area contributed by atoms with Crippen LogP contribution >= 0.6 is 0 Å². The minimum Gasteiger partial charge on any atom is -0.461 e. The van der Waals surface area contributed by atoms with Crippen LogP contribution in [0.5, 0.6) is 0 Å². The van der Waals surface area contributed by atoms with Crippen molar-refractivity contribution < 1.29 is 38.1 Å². The summed E-state index contributed by atoms with van der Waals surface area (Å²) >= 11 is 0. The first kappa shape index (κ1) is 34.7. The van der Waals surface area contributed by atoms with E-state index < -0.39 is 48.4 Å². The van der Waals surface area contributed by atoms with Crippen LogP contribution in [0.3, 0.4) is 0 Å². The summed E-state index contributed by atoms with van der Waals surface area (Å²) in [5.74, 6) is -1.82. The summed E-state index contributed by atoms with van der Waals surface area (Å²) in [6, 6.07) is 31.5. The van der Waals surface area contributed by atoms with Crippen molar-refractivity contribution in [3.8, 4) is 11.1 Å². The van der Waals surface area contributed by atoms with Crippen LogP contribution in [0, 0.1) is 0 Å². The first-order valence-electron chi connectivity index (χ1n) is 16.1. The van der Waals surface area contributed by atoms with Gasteiger partial charge in [-0.2, -0.15) is 0 Å². The van der Waals surface area contributed by atoms with E-state index in [1.165, 1.54) is 0 Å². The maximum absolute atomic E-state index is 13.5. The molecular weight excluding hydrogens is 624 g/mol. The Morgan fingerprint density at radius 2 is 1.12 bits per heavy atom. The molecule has 0 bridgehead atoms. The van der Waals surface area contributed by atoms with Crippen LogP contribution in [-0.4, -0.2) is 55.0 Å². The van der Waals surface area contributed by atoms with Gasteiger partial charge in [-0.05, 0) is 54.2 Å². The van der Waals surface area contributed by atoms with Gasteiger partial charge in [-0.15, -0.1) is 0 Å². The SMILES string of the molecule is CC(C)(C)OC(=O)N[C@@H](COC(=O)[C@@H](Cc1ccccc1)NC(=O)OCC1c2ccccc2-c2ccccc21)C(=O)OCc1ccccc1. The van der Waals surface area contributed by atoms with Crippen molar-refractivity contribution >= 4 is 24.1 Å². The standard InChI is InChI=1S/C39H40N2O8/c1-39(2,3)49-38(45)41-34(36(43)46-23-27-16-8-5-9-17-27)25-47-35(42)33(22-26-14-6-4-7-15-26)40-37(44)48-24-32-30-20-12-10-18-28(30)29-19-11-13-21-31(29)32/h4-21,32-34H,22-25H2,1-3H3,(H,40,44)(H,41,45)/t33-,34+/m1/s1. The third-order valence-corrected chi connectivity index (χ3v) is 7.79. The minimum atomic E-state index is -1.38. The van der Waals surface area contributed by atoms with Gasteiger partial charge in [-0.3, -0.25) is 0 Å². The van der Waals surface area contributed by atoms with Crippen LogP contribution in [0.1, 0.15) is 48.9 Å². The Bertz CT molecular complexity index is 1710. The van der Waals surface area contributed by atoms with Crippen molar-refractivity contribution in [2.75, 3.05) is 13.2 Å². The number of rotatable bonds is 12. The van der Waals surface area contributed by atoms with Gasteiger partial charge >= 0.3 is 24.1 Å².